The monoisotopic (exact) mass is 268 g/mol. The molecule has 0 radical (unpaired) electrons. The van der Waals surface area contributed by atoms with Gasteiger partial charge in [0, 0.05) is 6.04 Å². The number of rotatable bonds is 3. The van der Waals surface area contributed by atoms with Gasteiger partial charge in [-0.05, 0) is 30.9 Å². The van der Waals surface area contributed by atoms with Gasteiger partial charge in [0.2, 0.25) is 10.0 Å². The van der Waals surface area contributed by atoms with Crippen molar-refractivity contribution in [2.45, 2.75) is 43.5 Å². The molecule has 0 aromatic heterocycles. The molecule has 18 heavy (non-hydrogen) atoms. The van der Waals surface area contributed by atoms with E-state index in [1.807, 2.05) is 6.07 Å². The Labute approximate surface area is 109 Å². The molecule has 0 amide bonds. The largest absolute Gasteiger partial charge is 0.381 e. The minimum Gasteiger partial charge on any atom is -0.381 e. The van der Waals surface area contributed by atoms with E-state index in [9.17, 15) is 8.42 Å². The molecule has 1 aliphatic carbocycles. The molecule has 0 bridgehead atoms. The molecule has 100 valence electrons. The van der Waals surface area contributed by atoms with Gasteiger partial charge in [-0.25, -0.2) is 13.6 Å². The van der Waals surface area contributed by atoms with Crippen LogP contribution in [0.25, 0.3) is 0 Å². The maximum Gasteiger partial charge on any atom is 0.240 e. The summed E-state index contributed by atoms with van der Waals surface area (Å²) in [5.41, 5.74) is 0.624. The summed E-state index contributed by atoms with van der Waals surface area (Å²) in [6.45, 7) is 2.20. The van der Waals surface area contributed by atoms with Crippen LogP contribution in [0.2, 0.25) is 0 Å². The van der Waals surface area contributed by atoms with E-state index < -0.39 is 10.0 Å². The average molecular weight is 268 g/mol. The average Bonchev–Trinajstić information content (AvgIpc) is 2.31. The van der Waals surface area contributed by atoms with Gasteiger partial charge in [-0.3, -0.25) is 0 Å². The molecule has 2 atom stereocenters. The number of nitrogens with one attached hydrogen (secondary N) is 1. The Morgan fingerprint density at radius 3 is 2.56 bits per heavy atom. The number of para-hydroxylation sites is 1. The van der Waals surface area contributed by atoms with Gasteiger partial charge in [0.05, 0.1) is 5.69 Å². The molecule has 5 heteroatoms. The van der Waals surface area contributed by atoms with Crippen LogP contribution in [-0.4, -0.2) is 14.5 Å². The standard InChI is InChI=1S/C13H20N2O2S/c1-10-6-2-3-7-11(10)15-12-8-4-5-9-13(12)18(14,16)17/h4-5,8-11,15H,2-3,6-7H2,1H3,(H2,14,16,17). The second kappa shape index (κ2) is 5.28. The fraction of sp³-hybridized carbons (Fsp3) is 0.538. The topological polar surface area (TPSA) is 72.2 Å². The first-order valence-corrected chi connectivity index (χ1v) is 7.91. The van der Waals surface area contributed by atoms with Gasteiger partial charge < -0.3 is 5.32 Å². The highest BCUT2D eigenvalue weighted by atomic mass is 32.2. The van der Waals surface area contributed by atoms with Gasteiger partial charge in [0.25, 0.3) is 0 Å². The number of hydrogen-bond donors (Lipinski definition) is 2. The highest BCUT2D eigenvalue weighted by Gasteiger charge is 2.23. The lowest BCUT2D eigenvalue weighted by Crippen LogP contribution is -2.31. The highest BCUT2D eigenvalue weighted by molar-refractivity contribution is 7.89. The van der Waals surface area contributed by atoms with Crippen molar-refractivity contribution in [3.63, 3.8) is 0 Å². The first-order chi connectivity index (χ1) is 8.48. The van der Waals surface area contributed by atoms with Gasteiger partial charge in [-0.2, -0.15) is 0 Å². The smallest absolute Gasteiger partial charge is 0.240 e. The summed E-state index contributed by atoms with van der Waals surface area (Å²) in [5.74, 6) is 0.562. The molecule has 1 aromatic carbocycles. The van der Waals surface area contributed by atoms with Crippen LogP contribution < -0.4 is 10.5 Å². The molecular formula is C13H20N2O2S. The molecule has 2 unspecified atom stereocenters. The predicted molar refractivity (Wildman–Crippen MR) is 72.9 cm³/mol. The van der Waals surface area contributed by atoms with Crippen molar-refractivity contribution >= 4 is 15.7 Å². The minimum absolute atomic E-state index is 0.183. The van der Waals surface area contributed by atoms with Crippen LogP contribution in [0.4, 0.5) is 5.69 Å². The first-order valence-electron chi connectivity index (χ1n) is 6.37. The summed E-state index contributed by atoms with van der Waals surface area (Å²) in [4.78, 5) is 0.183. The summed E-state index contributed by atoms with van der Waals surface area (Å²) in [5, 5.41) is 8.58. The van der Waals surface area contributed by atoms with Crippen LogP contribution in [0.1, 0.15) is 32.6 Å². The van der Waals surface area contributed by atoms with Gasteiger partial charge in [0.1, 0.15) is 4.90 Å². The van der Waals surface area contributed by atoms with Crippen LogP contribution in [0.5, 0.6) is 0 Å². The minimum atomic E-state index is -3.66. The molecule has 0 saturated heterocycles. The van der Waals surface area contributed by atoms with Gasteiger partial charge >= 0.3 is 0 Å². The van der Waals surface area contributed by atoms with Crippen molar-refractivity contribution in [3.8, 4) is 0 Å². The summed E-state index contributed by atoms with van der Waals surface area (Å²) in [6.07, 6.45) is 4.73. The van der Waals surface area contributed by atoms with E-state index in [0.717, 1.165) is 6.42 Å². The van der Waals surface area contributed by atoms with E-state index in [2.05, 4.69) is 12.2 Å². The molecule has 1 aliphatic rings. The van der Waals surface area contributed by atoms with Crippen molar-refractivity contribution in [1.29, 1.82) is 0 Å². The number of hydrogen-bond acceptors (Lipinski definition) is 3. The van der Waals surface area contributed by atoms with Crippen molar-refractivity contribution in [1.82, 2.24) is 0 Å². The third-order valence-corrected chi connectivity index (χ3v) is 4.62. The van der Waals surface area contributed by atoms with E-state index in [1.165, 1.54) is 19.3 Å². The van der Waals surface area contributed by atoms with Crippen molar-refractivity contribution in [2.75, 3.05) is 5.32 Å². The van der Waals surface area contributed by atoms with E-state index in [1.54, 1.807) is 18.2 Å². The normalized spacial score (nSPS) is 24.8. The second-order valence-electron chi connectivity index (χ2n) is 5.05. The summed E-state index contributed by atoms with van der Waals surface area (Å²) in [7, 11) is -3.66. The van der Waals surface area contributed by atoms with Crippen LogP contribution in [0.3, 0.4) is 0 Å². The highest BCUT2D eigenvalue weighted by Crippen LogP contribution is 2.29. The van der Waals surface area contributed by atoms with Crippen LogP contribution in [0.15, 0.2) is 29.2 Å². The third kappa shape index (κ3) is 3.03. The van der Waals surface area contributed by atoms with Crippen LogP contribution >= 0.6 is 0 Å². The molecule has 1 fully saturated rings. The number of sulfonamides is 1. The lowest BCUT2D eigenvalue weighted by Gasteiger charge is -2.30. The molecule has 0 aliphatic heterocycles. The zero-order valence-electron chi connectivity index (χ0n) is 10.6. The number of nitrogens with two attached hydrogens (primary N) is 1. The number of primary sulfonamides is 1. The predicted octanol–water partition coefficient (Wildman–Crippen LogP) is 2.32. The Morgan fingerprint density at radius 2 is 1.89 bits per heavy atom. The van der Waals surface area contributed by atoms with Crippen molar-refractivity contribution < 1.29 is 8.42 Å². The quantitative estimate of drug-likeness (QED) is 0.883. The Balaban J connectivity index is 2.24. The van der Waals surface area contributed by atoms with Gasteiger partial charge in [-0.15, -0.1) is 0 Å². The van der Waals surface area contributed by atoms with Crippen molar-refractivity contribution in [3.05, 3.63) is 24.3 Å². The van der Waals surface area contributed by atoms with Crippen LogP contribution in [-0.2, 0) is 10.0 Å². The SMILES string of the molecule is CC1CCCCC1Nc1ccccc1S(N)(=O)=O. The Hall–Kier alpha value is -1.07. The maximum atomic E-state index is 11.5. The molecule has 1 saturated carbocycles. The molecule has 0 heterocycles. The second-order valence-corrected chi connectivity index (χ2v) is 6.58. The third-order valence-electron chi connectivity index (χ3n) is 3.65. The molecule has 4 nitrogen and oxygen atoms in total. The Bertz CT molecular complexity index is 513. The Kier molecular flexibility index (Phi) is 3.92. The molecule has 0 spiro atoms. The molecular weight excluding hydrogens is 248 g/mol. The zero-order valence-corrected chi connectivity index (χ0v) is 11.4. The van der Waals surface area contributed by atoms with E-state index >= 15 is 0 Å². The fourth-order valence-electron chi connectivity index (χ4n) is 2.56. The zero-order chi connectivity index (χ0) is 13.2. The van der Waals surface area contributed by atoms with Crippen LogP contribution in [0, 0.1) is 5.92 Å². The molecule has 3 N–H and O–H groups in total. The number of anilines is 1. The lowest BCUT2D eigenvalue weighted by atomic mass is 9.86. The summed E-state index contributed by atoms with van der Waals surface area (Å²) < 4.78 is 23.0. The van der Waals surface area contributed by atoms with E-state index in [-0.39, 0.29) is 4.90 Å². The number of benzene rings is 1. The summed E-state index contributed by atoms with van der Waals surface area (Å²) in [6, 6.07) is 7.17. The summed E-state index contributed by atoms with van der Waals surface area (Å²) >= 11 is 0. The van der Waals surface area contributed by atoms with E-state index in [0.29, 0.717) is 17.6 Å². The van der Waals surface area contributed by atoms with Gasteiger partial charge in [0.15, 0.2) is 0 Å². The maximum absolute atomic E-state index is 11.5. The lowest BCUT2D eigenvalue weighted by molar-refractivity contribution is 0.349. The fourth-order valence-corrected chi connectivity index (χ4v) is 3.27. The van der Waals surface area contributed by atoms with Gasteiger partial charge in [-0.1, -0.05) is 31.9 Å². The molecule has 1 aromatic rings. The first kappa shape index (κ1) is 13.4. The molecule has 2 rings (SSSR count). The Morgan fingerprint density at radius 1 is 1.22 bits per heavy atom. The van der Waals surface area contributed by atoms with E-state index in [4.69, 9.17) is 5.14 Å². The van der Waals surface area contributed by atoms with Crippen molar-refractivity contribution in [2.24, 2.45) is 11.1 Å².